The van der Waals surface area contributed by atoms with Crippen LogP contribution < -0.4 is 9.80 Å². The van der Waals surface area contributed by atoms with Crippen LogP contribution in [0.4, 0.5) is 5.69 Å². The van der Waals surface area contributed by atoms with E-state index < -0.39 is 102 Å². The van der Waals surface area contributed by atoms with E-state index in [-0.39, 0.29) is 51.1 Å². The van der Waals surface area contributed by atoms with Gasteiger partial charge in [-0.05, 0) is 70.4 Å². The SMILES string of the molecule is CC(=O)O[C@@H]1[C@@H](OCc2ccc3c(c2)N(O)C(=O)CO3)O[C@H](CO[C@@H]2O[C@@H]3CO[C@H](c4ccccc4)O[C@@H]3[C@H](OC(=O)C(C)(C)C)[C@H]2OC(=O)C(C)(C)C)[C@@H](OCc2ccccc2)[C@@H]1OCc1ccccc1. The lowest BCUT2D eigenvalue weighted by Crippen LogP contribution is -2.66. The van der Waals surface area contributed by atoms with Crippen LogP contribution >= 0.6 is 0 Å². The molecule has 0 aromatic heterocycles. The van der Waals surface area contributed by atoms with E-state index in [1.54, 1.807) is 53.7 Å². The first-order valence-electron chi connectivity index (χ1n) is 24.0. The second-order valence-electron chi connectivity index (χ2n) is 20.0. The Morgan fingerprint density at radius 1 is 0.625 bits per heavy atom. The van der Waals surface area contributed by atoms with Gasteiger partial charge in [-0.3, -0.25) is 24.4 Å². The molecule has 0 saturated carbocycles. The molecule has 0 radical (unpaired) electrons. The fourth-order valence-electron chi connectivity index (χ4n) is 8.35. The molecule has 0 unspecified atom stereocenters. The number of ether oxygens (including phenoxy) is 12. The van der Waals surface area contributed by atoms with Gasteiger partial charge in [0.05, 0.1) is 43.9 Å². The highest BCUT2D eigenvalue weighted by Crippen LogP contribution is 2.40. The summed E-state index contributed by atoms with van der Waals surface area (Å²) in [4.78, 5) is 53.1. The van der Waals surface area contributed by atoms with Crippen LogP contribution in [0.5, 0.6) is 5.75 Å². The Bertz CT molecular complexity index is 2460. The molecular formula is C54H63NO17. The van der Waals surface area contributed by atoms with Crippen LogP contribution in [-0.4, -0.2) is 110 Å². The number of carbonyl (C=O) groups excluding carboxylic acids is 4. The Morgan fingerprint density at radius 3 is 1.79 bits per heavy atom. The number of fused-ring (bicyclic) bond motifs is 2. The van der Waals surface area contributed by atoms with E-state index >= 15 is 0 Å². The van der Waals surface area contributed by atoms with Gasteiger partial charge in [-0.1, -0.05) is 97.1 Å². The molecule has 3 fully saturated rings. The van der Waals surface area contributed by atoms with Gasteiger partial charge in [-0.15, -0.1) is 0 Å². The predicted octanol–water partition coefficient (Wildman–Crippen LogP) is 6.92. The summed E-state index contributed by atoms with van der Waals surface area (Å²) in [7, 11) is 0. The van der Waals surface area contributed by atoms with E-state index in [0.29, 0.717) is 16.2 Å². The third kappa shape index (κ3) is 12.9. The van der Waals surface area contributed by atoms with Crippen molar-refractivity contribution < 1.29 is 81.2 Å². The largest absolute Gasteiger partial charge is 0.481 e. The molecular weight excluding hydrogens is 935 g/mol. The molecule has 4 aromatic rings. The highest BCUT2D eigenvalue weighted by Gasteiger charge is 2.57. The molecule has 4 aliphatic heterocycles. The molecule has 1 N–H and O–H groups in total. The van der Waals surface area contributed by atoms with Crippen molar-refractivity contribution in [2.75, 3.05) is 24.9 Å². The van der Waals surface area contributed by atoms with E-state index in [9.17, 15) is 24.4 Å². The summed E-state index contributed by atoms with van der Waals surface area (Å²) >= 11 is 0. The number of carbonyl (C=O) groups is 4. The van der Waals surface area contributed by atoms with Crippen molar-refractivity contribution in [3.05, 3.63) is 131 Å². The first-order valence-corrected chi connectivity index (χ1v) is 24.0. The van der Waals surface area contributed by atoms with E-state index in [4.69, 9.17) is 56.8 Å². The van der Waals surface area contributed by atoms with Gasteiger partial charge in [0.25, 0.3) is 5.91 Å². The summed E-state index contributed by atoms with van der Waals surface area (Å²) in [6, 6.07) is 32.9. The van der Waals surface area contributed by atoms with Gasteiger partial charge >= 0.3 is 17.9 Å². The summed E-state index contributed by atoms with van der Waals surface area (Å²) in [5.74, 6) is -2.23. The van der Waals surface area contributed by atoms with Crippen molar-refractivity contribution in [1.29, 1.82) is 0 Å². The average Bonchev–Trinajstić information content (AvgIpc) is 3.36. The van der Waals surface area contributed by atoms with Crippen LogP contribution in [0.2, 0.25) is 0 Å². The van der Waals surface area contributed by atoms with Crippen molar-refractivity contribution in [3.63, 3.8) is 0 Å². The number of amides is 1. The number of hydrogen-bond acceptors (Lipinski definition) is 17. The van der Waals surface area contributed by atoms with Gasteiger partial charge in [-0.2, -0.15) is 5.06 Å². The lowest BCUT2D eigenvalue weighted by atomic mass is 9.93. The van der Waals surface area contributed by atoms with Crippen molar-refractivity contribution in [3.8, 4) is 5.75 Å². The maximum Gasteiger partial charge on any atom is 0.311 e. The number of benzene rings is 4. The van der Waals surface area contributed by atoms with Crippen molar-refractivity contribution >= 4 is 29.5 Å². The molecule has 72 heavy (non-hydrogen) atoms. The monoisotopic (exact) mass is 997 g/mol. The molecule has 11 atom stereocenters. The highest BCUT2D eigenvalue weighted by molar-refractivity contribution is 5.95. The average molecular weight is 998 g/mol. The van der Waals surface area contributed by atoms with Gasteiger partial charge in [0.1, 0.15) is 42.0 Å². The summed E-state index contributed by atoms with van der Waals surface area (Å²) < 4.78 is 76.8. The number of esters is 3. The second kappa shape index (κ2) is 23.0. The highest BCUT2D eigenvalue weighted by atomic mass is 16.8. The molecule has 1 amide bonds. The minimum atomic E-state index is -1.41. The maximum absolute atomic E-state index is 13.9. The van der Waals surface area contributed by atoms with Crippen LogP contribution in [0.1, 0.15) is 77.0 Å². The molecule has 0 aliphatic carbocycles. The Labute approximate surface area is 418 Å². The Kier molecular flexibility index (Phi) is 16.7. The first-order chi connectivity index (χ1) is 34.4. The Morgan fingerprint density at radius 2 is 1.18 bits per heavy atom. The molecule has 4 aromatic carbocycles. The maximum atomic E-state index is 13.9. The number of anilines is 1. The van der Waals surface area contributed by atoms with Gasteiger partial charge in [0.15, 0.2) is 43.8 Å². The van der Waals surface area contributed by atoms with E-state index in [1.165, 1.54) is 13.0 Å². The van der Waals surface area contributed by atoms with Crippen LogP contribution in [0.15, 0.2) is 109 Å². The lowest BCUT2D eigenvalue weighted by molar-refractivity contribution is -0.372. The van der Waals surface area contributed by atoms with Gasteiger partial charge in [-0.25, -0.2) is 0 Å². The zero-order valence-electron chi connectivity index (χ0n) is 41.4. The second-order valence-corrected chi connectivity index (χ2v) is 20.0. The number of hydroxylamine groups is 1. The third-order valence-corrected chi connectivity index (χ3v) is 12.2. The van der Waals surface area contributed by atoms with Crippen molar-refractivity contribution in [2.45, 2.75) is 136 Å². The summed E-state index contributed by atoms with van der Waals surface area (Å²) in [5.41, 5.74) is 0.980. The summed E-state index contributed by atoms with van der Waals surface area (Å²) in [6.45, 7) is 10.8. The van der Waals surface area contributed by atoms with Crippen LogP contribution in [0.3, 0.4) is 0 Å². The zero-order chi connectivity index (χ0) is 51.2. The smallest absolute Gasteiger partial charge is 0.311 e. The molecule has 8 rings (SSSR count). The fourth-order valence-corrected chi connectivity index (χ4v) is 8.35. The van der Waals surface area contributed by atoms with Crippen molar-refractivity contribution in [2.24, 2.45) is 10.8 Å². The standard InChI is InChI=1S/C54H63NO17/c1-32(56)67-46-44(63-27-34-19-13-9-14-20-34)42(62-26-33-17-11-8-12-18-33)39(68-49(46)64-28-35-23-24-38-37(25-35)55(60)41(57)31-61-38)29-66-50-47(72-52(59)54(5,6)7)45(71-51(58)53(2,3)4)43-40(69-50)30-65-48(70-43)36-21-15-10-16-22-36/h8-25,39-40,42-50,60H,26-31H2,1-7H3/t39-,40-,42-,43+,44+,45+,46+,47-,48+,49+,50-/m1/s1. The number of hydrogen-bond donors (Lipinski definition) is 1. The first kappa shape index (κ1) is 52.5. The van der Waals surface area contributed by atoms with Crippen molar-refractivity contribution in [1.82, 2.24) is 0 Å². The minimum absolute atomic E-state index is 0.0112. The molecule has 0 bridgehead atoms. The van der Waals surface area contributed by atoms with E-state index in [1.807, 2.05) is 91.0 Å². The van der Waals surface area contributed by atoms with E-state index in [2.05, 4.69) is 0 Å². The topological polar surface area (TPSA) is 203 Å². The quantitative estimate of drug-likeness (QED) is 0.0688. The number of nitrogens with zero attached hydrogens (tertiary/aromatic N) is 1. The lowest BCUT2D eigenvalue weighted by Gasteiger charge is -2.49. The Hall–Kier alpha value is -5.80. The molecule has 18 nitrogen and oxygen atoms in total. The van der Waals surface area contributed by atoms with E-state index in [0.717, 1.165) is 11.1 Å². The molecule has 4 aliphatic rings. The fraction of sp³-hybridized carbons (Fsp3) is 0.481. The summed E-state index contributed by atoms with van der Waals surface area (Å²) in [6.07, 6.45) is -12.6. The number of rotatable bonds is 16. The predicted molar refractivity (Wildman–Crippen MR) is 254 cm³/mol. The molecule has 4 heterocycles. The van der Waals surface area contributed by atoms with Crippen LogP contribution in [0.25, 0.3) is 0 Å². The molecule has 18 heteroatoms. The van der Waals surface area contributed by atoms with Gasteiger partial charge in [0.2, 0.25) is 0 Å². The van der Waals surface area contributed by atoms with Gasteiger partial charge in [0, 0.05) is 12.5 Å². The zero-order valence-corrected chi connectivity index (χ0v) is 41.4. The normalized spacial score (nSPS) is 27.4. The molecule has 0 spiro atoms. The van der Waals surface area contributed by atoms with Crippen LogP contribution in [-0.2, 0) is 91.1 Å². The molecule has 3 saturated heterocycles. The van der Waals surface area contributed by atoms with Gasteiger partial charge < -0.3 is 56.8 Å². The Balaban J connectivity index is 1.15. The van der Waals surface area contributed by atoms with Crippen LogP contribution in [0, 0.1) is 10.8 Å². The molecule has 386 valence electrons. The summed E-state index contributed by atoms with van der Waals surface area (Å²) in [5, 5.41) is 11.1. The third-order valence-electron chi connectivity index (χ3n) is 12.2. The minimum Gasteiger partial charge on any atom is -0.481 e.